The smallest absolute Gasteiger partial charge is 0.381 e. The maximum Gasteiger partial charge on any atom is 0.391 e. The van der Waals surface area contributed by atoms with Crippen molar-refractivity contribution in [2.75, 3.05) is 26.3 Å². The standard InChI is InChI=1S/C9H16F3NO/c10-9(11,12)3-6-14-7-8-1-4-13-5-2-8/h8,13H,1-7H2. The lowest BCUT2D eigenvalue weighted by atomic mass is 9.99. The molecule has 0 amide bonds. The lowest BCUT2D eigenvalue weighted by Crippen LogP contribution is -2.30. The fraction of sp³-hybridized carbons (Fsp3) is 1.00. The van der Waals surface area contributed by atoms with Gasteiger partial charge in [-0.1, -0.05) is 0 Å². The molecule has 5 heteroatoms. The maximum absolute atomic E-state index is 11.7. The highest BCUT2D eigenvalue weighted by Gasteiger charge is 2.26. The summed E-state index contributed by atoms with van der Waals surface area (Å²) < 4.78 is 40.2. The van der Waals surface area contributed by atoms with Crippen molar-refractivity contribution in [3.63, 3.8) is 0 Å². The van der Waals surface area contributed by atoms with Crippen molar-refractivity contribution < 1.29 is 17.9 Å². The number of alkyl halides is 3. The molecule has 0 aromatic heterocycles. The molecule has 84 valence electrons. The summed E-state index contributed by atoms with van der Waals surface area (Å²) >= 11 is 0. The molecule has 0 spiro atoms. The van der Waals surface area contributed by atoms with Gasteiger partial charge in [-0.05, 0) is 31.8 Å². The van der Waals surface area contributed by atoms with E-state index in [-0.39, 0.29) is 6.61 Å². The second kappa shape index (κ2) is 5.56. The summed E-state index contributed by atoms with van der Waals surface area (Å²) in [7, 11) is 0. The first-order chi connectivity index (χ1) is 6.58. The molecule has 2 nitrogen and oxygen atoms in total. The van der Waals surface area contributed by atoms with Gasteiger partial charge in [-0.25, -0.2) is 0 Å². The molecule has 1 heterocycles. The van der Waals surface area contributed by atoms with Crippen LogP contribution in [0.4, 0.5) is 13.2 Å². The van der Waals surface area contributed by atoms with Crippen LogP contribution in [0.25, 0.3) is 0 Å². The molecule has 0 unspecified atom stereocenters. The number of ether oxygens (including phenoxy) is 1. The quantitative estimate of drug-likeness (QED) is 0.718. The number of piperidine rings is 1. The zero-order valence-electron chi connectivity index (χ0n) is 8.07. The number of hydrogen-bond donors (Lipinski definition) is 1. The average molecular weight is 211 g/mol. The van der Waals surface area contributed by atoms with Gasteiger partial charge >= 0.3 is 6.18 Å². The average Bonchev–Trinajstić information content (AvgIpc) is 2.13. The molecule has 0 aromatic rings. The van der Waals surface area contributed by atoms with Gasteiger partial charge in [-0.2, -0.15) is 13.2 Å². The van der Waals surface area contributed by atoms with E-state index in [1.54, 1.807) is 0 Å². The topological polar surface area (TPSA) is 21.3 Å². The van der Waals surface area contributed by atoms with Crippen LogP contribution in [-0.4, -0.2) is 32.5 Å². The molecule has 1 saturated heterocycles. The van der Waals surface area contributed by atoms with Crippen LogP contribution in [0.1, 0.15) is 19.3 Å². The van der Waals surface area contributed by atoms with Crippen LogP contribution in [-0.2, 0) is 4.74 Å². The highest BCUT2D eigenvalue weighted by atomic mass is 19.4. The third kappa shape index (κ3) is 5.44. The van der Waals surface area contributed by atoms with E-state index in [0.717, 1.165) is 25.9 Å². The van der Waals surface area contributed by atoms with Gasteiger partial charge in [0.05, 0.1) is 13.0 Å². The van der Waals surface area contributed by atoms with Crippen molar-refractivity contribution in [3.8, 4) is 0 Å². The first kappa shape index (κ1) is 11.8. The molecule has 0 bridgehead atoms. The van der Waals surface area contributed by atoms with Crippen molar-refractivity contribution in [2.24, 2.45) is 5.92 Å². The molecular weight excluding hydrogens is 195 g/mol. The lowest BCUT2D eigenvalue weighted by molar-refractivity contribution is -0.146. The van der Waals surface area contributed by atoms with Crippen molar-refractivity contribution in [1.82, 2.24) is 5.32 Å². The van der Waals surface area contributed by atoms with Crippen LogP contribution in [0, 0.1) is 5.92 Å². The predicted molar refractivity (Wildman–Crippen MR) is 47.1 cm³/mol. The third-order valence-corrected chi connectivity index (χ3v) is 2.34. The Morgan fingerprint density at radius 2 is 1.86 bits per heavy atom. The van der Waals surface area contributed by atoms with Gasteiger partial charge in [-0.15, -0.1) is 0 Å². The van der Waals surface area contributed by atoms with Gasteiger partial charge in [0, 0.05) is 6.61 Å². The van der Waals surface area contributed by atoms with E-state index in [1.165, 1.54) is 0 Å². The Balaban J connectivity index is 1.97. The van der Waals surface area contributed by atoms with Crippen LogP contribution < -0.4 is 5.32 Å². The van der Waals surface area contributed by atoms with E-state index in [0.29, 0.717) is 12.5 Å². The molecule has 0 radical (unpaired) electrons. The minimum Gasteiger partial charge on any atom is -0.381 e. The van der Waals surface area contributed by atoms with Gasteiger partial charge in [0.1, 0.15) is 0 Å². The summed E-state index contributed by atoms with van der Waals surface area (Å²) in [6.45, 7) is 2.17. The Hall–Kier alpha value is -0.290. The van der Waals surface area contributed by atoms with E-state index in [4.69, 9.17) is 4.74 Å². The van der Waals surface area contributed by atoms with Gasteiger partial charge in [-0.3, -0.25) is 0 Å². The zero-order chi connectivity index (χ0) is 10.4. The maximum atomic E-state index is 11.7. The van der Waals surface area contributed by atoms with Crippen LogP contribution in [0.5, 0.6) is 0 Å². The highest BCUT2D eigenvalue weighted by molar-refractivity contribution is 4.67. The Kier molecular flexibility index (Phi) is 4.68. The van der Waals surface area contributed by atoms with E-state index in [2.05, 4.69) is 5.32 Å². The summed E-state index contributed by atoms with van der Waals surface area (Å²) in [5, 5.41) is 3.19. The summed E-state index contributed by atoms with van der Waals surface area (Å²) in [5.41, 5.74) is 0. The van der Waals surface area contributed by atoms with E-state index < -0.39 is 12.6 Å². The summed E-state index contributed by atoms with van der Waals surface area (Å²) in [5.74, 6) is 0.435. The Morgan fingerprint density at radius 1 is 1.21 bits per heavy atom. The number of rotatable bonds is 4. The largest absolute Gasteiger partial charge is 0.391 e. The molecule has 1 aliphatic rings. The number of nitrogens with one attached hydrogen (secondary N) is 1. The summed E-state index contributed by atoms with van der Waals surface area (Å²) in [6.07, 6.45) is -2.91. The molecular formula is C9H16F3NO. The fourth-order valence-corrected chi connectivity index (χ4v) is 1.49. The number of hydrogen-bond acceptors (Lipinski definition) is 2. The number of halogens is 3. The van der Waals surface area contributed by atoms with Crippen LogP contribution in [0.3, 0.4) is 0 Å². The van der Waals surface area contributed by atoms with Gasteiger partial charge in [0.15, 0.2) is 0 Å². The fourth-order valence-electron chi connectivity index (χ4n) is 1.49. The summed E-state index contributed by atoms with van der Waals surface area (Å²) in [6, 6.07) is 0. The van der Waals surface area contributed by atoms with Gasteiger partial charge in [0.2, 0.25) is 0 Å². The Morgan fingerprint density at radius 3 is 2.43 bits per heavy atom. The van der Waals surface area contributed by atoms with Crippen molar-refractivity contribution >= 4 is 0 Å². The van der Waals surface area contributed by atoms with E-state index >= 15 is 0 Å². The first-order valence-electron chi connectivity index (χ1n) is 4.93. The lowest BCUT2D eigenvalue weighted by Gasteiger charge is -2.22. The minimum absolute atomic E-state index is 0.201. The van der Waals surface area contributed by atoms with Crippen LogP contribution >= 0.6 is 0 Å². The molecule has 1 aliphatic heterocycles. The monoisotopic (exact) mass is 211 g/mol. The molecule has 14 heavy (non-hydrogen) atoms. The van der Waals surface area contributed by atoms with Crippen LogP contribution in [0.2, 0.25) is 0 Å². The molecule has 1 N–H and O–H groups in total. The van der Waals surface area contributed by atoms with Crippen LogP contribution in [0.15, 0.2) is 0 Å². The molecule has 0 aromatic carbocycles. The van der Waals surface area contributed by atoms with E-state index in [9.17, 15) is 13.2 Å². The molecule has 1 fully saturated rings. The predicted octanol–water partition coefficient (Wildman–Crippen LogP) is 1.95. The normalized spacial score (nSPS) is 19.9. The Bertz CT molecular complexity index is 155. The zero-order valence-corrected chi connectivity index (χ0v) is 8.07. The highest BCUT2D eigenvalue weighted by Crippen LogP contribution is 2.19. The van der Waals surface area contributed by atoms with Crippen molar-refractivity contribution in [3.05, 3.63) is 0 Å². The second-order valence-electron chi connectivity index (χ2n) is 3.63. The van der Waals surface area contributed by atoms with Gasteiger partial charge in [0.25, 0.3) is 0 Å². The first-order valence-corrected chi connectivity index (χ1v) is 4.93. The second-order valence-corrected chi connectivity index (χ2v) is 3.63. The van der Waals surface area contributed by atoms with Crippen molar-refractivity contribution in [1.29, 1.82) is 0 Å². The molecule has 1 rings (SSSR count). The van der Waals surface area contributed by atoms with Crippen molar-refractivity contribution in [2.45, 2.75) is 25.4 Å². The summed E-state index contributed by atoms with van der Waals surface area (Å²) in [4.78, 5) is 0. The third-order valence-electron chi connectivity index (χ3n) is 2.34. The Labute approximate surface area is 81.8 Å². The van der Waals surface area contributed by atoms with Gasteiger partial charge < -0.3 is 10.1 Å². The molecule has 0 aliphatic carbocycles. The minimum atomic E-state index is -4.09. The molecule has 0 saturated carbocycles. The molecule has 0 atom stereocenters. The SMILES string of the molecule is FC(F)(F)CCOCC1CCNCC1. The van der Waals surface area contributed by atoms with E-state index in [1.807, 2.05) is 0 Å².